The van der Waals surface area contributed by atoms with Crippen molar-refractivity contribution in [2.24, 2.45) is 5.41 Å². The summed E-state index contributed by atoms with van der Waals surface area (Å²) in [5, 5.41) is 3.98. The molecule has 108 valence electrons. The molecule has 0 spiro atoms. The lowest BCUT2D eigenvalue weighted by molar-refractivity contribution is -0.0250. The van der Waals surface area contributed by atoms with Gasteiger partial charge in [0.25, 0.3) is 0 Å². The van der Waals surface area contributed by atoms with Gasteiger partial charge >= 0.3 is 0 Å². The van der Waals surface area contributed by atoms with Crippen molar-refractivity contribution < 1.29 is 4.74 Å². The van der Waals surface area contributed by atoms with E-state index in [9.17, 15) is 0 Å². The first kappa shape index (κ1) is 12.7. The smallest absolute Gasteiger partial charge is 0.119 e. The van der Waals surface area contributed by atoms with E-state index in [4.69, 9.17) is 4.74 Å². The average Bonchev–Trinajstić information content (AvgIpc) is 2.53. The highest BCUT2D eigenvalue weighted by atomic mass is 16.5. The summed E-state index contributed by atoms with van der Waals surface area (Å²) in [6, 6.07) is 6.76. The lowest BCUT2D eigenvalue weighted by Crippen LogP contribution is -2.62. The minimum absolute atomic E-state index is 0.242. The van der Waals surface area contributed by atoms with Crippen LogP contribution in [0.15, 0.2) is 18.2 Å². The van der Waals surface area contributed by atoms with Crippen LogP contribution in [0.1, 0.15) is 56.1 Å². The van der Waals surface area contributed by atoms with Gasteiger partial charge in [-0.1, -0.05) is 18.9 Å². The van der Waals surface area contributed by atoms with Crippen molar-refractivity contribution in [1.29, 1.82) is 0 Å². The van der Waals surface area contributed by atoms with E-state index < -0.39 is 0 Å². The molecule has 2 unspecified atom stereocenters. The van der Waals surface area contributed by atoms with Crippen LogP contribution < -0.4 is 10.1 Å². The number of methoxy groups -OCH3 is 1. The summed E-state index contributed by atoms with van der Waals surface area (Å²) < 4.78 is 5.51. The molecule has 1 aliphatic heterocycles. The molecule has 2 aliphatic carbocycles. The first-order valence-corrected chi connectivity index (χ1v) is 8.22. The largest absolute Gasteiger partial charge is 0.497 e. The number of benzene rings is 1. The molecule has 1 saturated heterocycles. The second-order valence-corrected chi connectivity index (χ2v) is 6.95. The van der Waals surface area contributed by atoms with Crippen molar-refractivity contribution in [3.8, 4) is 5.75 Å². The first-order valence-electron chi connectivity index (χ1n) is 8.22. The monoisotopic (exact) mass is 271 g/mol. The summed E-state index contributed by atoms with van der Waals surface area (Å²) in [4.78, 5) is 0. The second-order valence-electron chi connectivity index (χ2n) is 6.95. The Labute approximate surface area is 121 Å². The number of fused-ring (bicyclic) bond motifs is 1. The predicted molar refractivity (Wildman–Crippen MR) is 81.1 cm³/mol. The molecule has 2 nitrogen and oxygen atoms in total. The van der Waals surface area contributed by atoms with E-state index in [1.807, 2.05) is 0 Å². The van der Waals surface area contributed by atoms with E-state index in [0.717, 1.165) is 5.75 Å². The normalized spacial score (nSPS) is 35.6. The molecule has 1 aromatic rings. The van der Waals surface area contributed by atoms with E-state index in [0.29, 0.717) is 5.41 Å². The Balaban J connectivity index is 1.90. The minimum Gasteiger partial charge on any atom is -0.497 e. The Morgan fingerprint density at radius 2 is 1.90 bits per heavy atom. The fourth-order valence-corrected chi connectivity index (χ4v) is 5.33. The summed E-state index contributed by atoms with van der Waals surface area (Å²) >= 11 is 0. The number of ether oxygens (including phenoxy) is 1. The minimum atomic E-state index is 0.242. The highest BCUT2D eigenvalue weighted by Gasteiger charge is 2.56. The maximum absolute atomic E-state index is 5.51. The SMILES string of the molecule is COc1ccc2c(c1)C13CCCCC1(CCCN3)CC2. The van der Waals surface area contributed by atoms with Crippen LogP contribution in [0, 0.1) is 5.41 Å². The molecule has 0 bridgehead atoms. The van der Waals surface area contributed by atoms with Crippen molar-refractivity contribution in [3.63, 3.8) is 0 Å². The number of nitrogens with one attached hydrogen (secondary N) is 1. The zero-order chi connectivity index (χ0) is 13.6. The van der Waals surface area contributed by atoms with Gasteiger partial charge in [-0.3, -0.25) is 0 Å². The van der Waals surface area contributed by atoms with Crippen LogP contribution >= 0.6 is 0 Å². The predicted octanol–water partition coefficient (Wildman–Crippen LogP) is 3.78. The third-order valence-corrected chi connectivity index (χ3v) is 6.27. The van der Waals surface area contributed by atoms with Crippen LogP contribution in [0.4, 0.5) is 0 Å². The van der Waals surface area contributed by atoms with Crippen LogP contribution in [0.2, 0.25) is 0 Å². The van der Waals surface area contributed by atoms with Crippen molar-refractivity contribution >= 4 is 0 Å². The van der Waals surface area contributed by atoms with Crippen LogP contribution in [0.25, 0.3) is 0 Å². The van der Waals surface area contributed by atoms with Crippen LogP contribution in [-0.2, 0) is 12.0 Å². The van der Waals surface area contributed by atoms with Gasteiger partial charge < -0.3 is 10.1 Å². The Bertz CT molecular complexity index is 510. The fraction of sp³-hybridized carbons (Fsp3) is 0.667. The number of rotatable bonds is 1. The Morgan fingerprint density at radius 3 is 2.80 bits per heavy atom. The number of hydrogen-bond donors (Lipinski definition) is 1. The molecule has 4 rings (SSSR count). The maximum atomic E-state index is 5.51. The fourth-order valence-electron chi connectivity index (χ4n) is 5.33. The Kier molecular flexibility index (Phi) is 2.85. The molecule has 1 N–H and O–H groups in total. The standard InChI is InChI=1S/C18H25NO/c1-20-15-6-5-14-7-11-17-8-2-3-10-18(17,16(14)13-15)19-12-4-9-17/h5-6,13,19H,2-4,7-12H2,1H3. The Morgan fingerprint density at radius 1 is 1.05 bits per heavy atom. The second kappa shape index (κ2) is 4.49. The zero-order valence-corrected chi connectivity index (χ0v) is 12.5. The summed E-state index contributed by atoms with van der Waals surface area (Å²) in [5.41, 5.74) is 3.87. The molecule has 0 aromatic heterocycles. The molecule has 0 amide bonds. The van der Waals surface area contributed by atoms with Gasteiger partial charge in [0.05, 0.1) is 7.11 Å². The summed E-state index contributed by atoms with van der Waals surface area (Å²) in [7, 11) is 1.78. The van der Waals surface area contributed by atoms with E-state index in [-0.39, 0.29) is 5.54 Å². The highest BCUT2D eigenvalue weighted by Crippen LogP contribution is 2.60. The summed E-state index contributed by atoms with van der Waals surface area (Å²) in [6.07, 6.45) is 10.9. The van der Waals surface area contributed by atoms with Gasteiger partial charge in [0.15, 0.2) is 0 Å². The Hall–Kier alpha value is -1.02. The van der Waals surface area contributed by atoms with Gasteiger partial charge in [0.2, 0.25) is 0 Å². The van der Waals surface area contributed by atoms with E-state index in [1.165, 1.54) is 57.9 Å². The van der Waals surface area contributed by atoms with E-state index >= 15 is 0 Å². The molecule has 1 aromatic carbocycles. The quantitative estimate of drug-likeness (QED) is 0.839. The van der Waals surface area contributed by atoms with Gasteiger partial charge in [-0.2, -0.15) is 0 Å². The summed E-state index contributed by atoms with van der Waals surface area (Å²) in [5.74, 6) is 1.02. The molecule has 1 heterocycles. The lowest BCUT2D eigenvalue weighted by Gasteiger charge is -2.60. The third-order valence-electron chi connectivity index (χ3n) is 6.27. The highest BCUT2D eigenvalue weighted by molar-refractivity contribution is 5.45. The van der Waals surface area contributed by atoms with Gasteiger partial charge in [-0.15, -0.1) is 0 Å². The van der Waals surface area contributed by atoms with Gasteiger partial charge in [0.1, 0.15) is 5.75 Å². The first-order chi connectivity index (χ1) is 9.80. The lowest BCUT2D eigenvalue weighted by atomic mass is 9.50. The molecular weight excluding hydrogens is 246 g/mol. The summed E-state index contributed by atoms with van der Waals surface area (Å²) in [6.45, 7) is 1.18. The van der Waals surface area contributed by atoms with Gasteiger partial charge in [-0.25, -0.2) is 0 Å². The van der Waals surface area contributed by atoms with Crippen LogP contribution in [-0.4, -0.2) is 13.7 Å². The van der Waals surface area contributed by atoms with Gasteiger partial charge in [-0.05, 0) is 73.7 Å². The average molecular weight is 271 g/mol. The van der Waals surface area contributed by atoms with Crippen molar-refractivity contribution in [2.75, 3.05) is 13.7 Å². The zero-order valence-electron chi connectivity index (χ0n) is 12.5. The number of piperidine rings is 1. The van der Waals surface area contributed by atoms with Crippen molar-refractivity contribution in [2.45, 2.75) is 56.9 Å². The van der Waals surface area contributed by atoms with Crippen molar-refractivity contribution in [1.82, 2.24) is 5.32 Å². The van der Waals surface area contributed by atoms with E-state index in [2.05, 4.69) is 23.5 Å². The van der Waals surface area contributed by atoms with Crippen LogP contribution in [0.5, 0.6) is 5.75 Å². The number of aryl methyl sites for hydroxylation is 1. The molecular formula is C18H25NO. The molecule has 2 heteroatoms. The molecule has 20 heavy (non-hydrogen) atoms. The molecule has 1 saturated carbocycles. The van der Waals surface area contributed by atoms with Crippen LogP contribution in [0.3, 0.4) is 0 Å². The molecule has 0 radical (unpaired) electrons. The molecule has 2 atom stereocenters. The third kappa shape index (κ3) is 1.54. The maximum Gasteiger partial charge on any atom is 0.119 e. The number of hydrogen-bond acceptors (Lipinski definition) is 2. The van der Waals surface area contributed by atoms with E-state index in [1.54, 1.807) is 18.2 Å². The van der Waals surface area contributed by atoms with Gasteiger partial charge in [0, 0.05) is 5.54 Å². The van der Waals surface area contributed by atoms with Crippen molar-refractivity contribution in [3.05, 3.63) is 29.3 Å². The molecule has 2 fully saturated rings. The topological polar surface area (TPSA) is 21.3 Å². The molecule has 3 aliphatic rings.